The van der Waals surface area contributed by atoms with Gasteiger partial charge in [0.15, 0.2) is 0 Å². The first-order valence-corrected chi connectivity index (χ1v) is 6.60. The predicted octanol–water partition coefficient (Wildman–Crippen LogP) is 0.353. The van der Waals surface area contributed by atoms with Crippen molar-refractivity contribution in [2.75, 3.05) is 43.7 Å². The molecule has 1 fully saturated rings. The van der Waals surface area contributed by atoms with Crippen LogP contribution in [0.5, 0.6) is 5.88 Å². The van der Waals surface area contributed by atoms with Crippen molar-refractivity contribution in [2.45, 2.75) is 6.10 Å². The maximum absolute atomic E-state index is 9.32. The summed E-state index contributed by atoms with van der Waals surface area (Å²) in [6, 6.07) is 0. The molecular weight excluding hydrogens is 266 g/mol. The number of aliphatic hydroxyl groups is 1. The van der Waals surface area contributed by atoms with Gasteiger partial charge in [-0.3, -0.25) is 0 Å². The zero-order valence-corrected chi connectivity index (χ0v) is 10.8. The summed E-state index contributed by atoms with van der Waals surface area (Å²) in [6.07, 6.45) is -0.684. The molecule has 1 aromatic heterocycles. The number of anilines is 1. The summed E-state index contributed by atoms with van der Waals surface area (Å²) in [5.74, 6) is 1.32. The Kier molecular flexibility index (Phi) is 4.78. The van der Waals surface area contributed by atoms with Crippen molar-refractivity contribution in [3.8, 4) is 5.88 Å². The van der Waals surface area contributed by atoms with Crippen LogP contribution in [0, 0.1) is 0 Å². The minimum Gasteiger partial charge on any atom is -0.472 e. The van der Waals surface area contributed by atoms with E-state index < -0.39 is 6.10 Å². The molecule has 96 valence electrons. The Bertz CT molecular complexity index is 346. The fourth-order valence-corrected chi connectivity index (χ4v) is 2.06. The highest BCUT2D eigenvalue weighted by atomic mass is 35.5. The number of nitrogens with zero attached hydrogens (tertiary/aromatic N) is 3. The Balaban J connectivity index is 1.95. The van der Waals surface area contributed by atoms with Gasteiger partial charge in [-0.25, -0.2) is 0 Å². The molecule has 1 N–H and O–H groups in total. The summed E-state index contributed by atoms with van der Waals surface area (Å²) in [4.78, 5) is 2.06. The van der Waals surface area contributed by atoms with Gasteiger partial charge in [0.05, 0.1) is 30.8 Å². The van der Waals surface area contributed by atoms with Gasteiger partial charge < -0.3 is 19.5 Å². The largest absolute Gasteiger partial charge is 0.472 e. The minimum atomic E-state index is -0.684. The van der Waals surface area contributed by atoms with Gasteiger partial charge in [0, 0.05) is 13.1 Å². The van der Waals surface area contributed by atoms with Crippen molar-refractivity contribution in [1.29, 1.82) is 0 Å². The van der Waals surface area contributed by atoms with Gasteiger partial charge in [0.2, 0.25) is 5.82 Å². The van der Waals surface area contributed by atoms with E-state index >= 15 is 0 Å². The summed E-state index contributed by atoms with van der Waals surface area (Å²) in [5, 5.41) is 9.32. The molecule has 2 rings (SSSR count). The first-order chi connectivity index (χ1) is 8.31. The van der Waals surface area contributed by atoms with E-state index in [-0.39, 0.29) is 12.5 Å². The average Bonchev–Trinajstić information content (AvgIpc) is 2.85. The van der Waals surface area contributed by atoms with Crippen LogP contribution in [0.1, 0.15) is 0 Å². The first-order valence-electron chi connectivity index (χ1n) is 5.33. The second kappa shape index (κ2) is 6.34. The van der Waals surface area contributed by atoms with E-state index in [1.54, 1.807) is 0 Å². The van der Waals surface area contributed by atoms with E-state index in [1.807, 2.05) is 0 Å². The van der Waals surface area contributed by atoms with E-state index in [4.69, 9.17) is 21.1 Å². The van der Waals surface area contributed by atoms with Crippen molar-refractivity contribution in [2.24, 2.45) is 0 Å². The van der Waals surface area contributed by atoms with Gasteiger partial charge in [-0.2, -0.15) is 4.37 Å². The van der Waals surface area contributed by atoms with Gasteiger partial charge >= 0.3 is 0 Å². The highest BCUT2D eigenvalue weighted by molar-refractivity contribution is 6.99. The molecule has 0 radical (unpaired) electrons. The third-order valence-electron chi connectivity index (χ3n) is 2.34. The fourth-order valence-electron chi connectivity index (χ4n) is 1.45. The monoisotopic (exact) mass is 279 g/mol. The molecule has 1 aromatic rings. The van der Waals surface area contributed by atoms with E-state index in [0.717, 1.165) is 30.6 Å². The number of halogens is 1. The molecule has 0 aliphatic carbocycles. The molecular formula is C9H14ClN3O3S. The molecule has 0 aromatic carbocycles. The lowest BCUT2D eigenvalue weighted by Crippen LogP contribution is -2.36. The Morgan fingerprint density at radius 3 is 2.94 bits per heavy atom. The number of alkyl halides is 1. The molecule has 0 amide bonds. The van der Waals surface area contributed by atoms with Crippen molar-refractivity contribution in [1.82, 2.24) is 8.75 Å². The molecule has 1 unspecified atom stereocenters. The van der Waals surface area contributed by atoms with Crippen LogP contribution >= 0.6 is 23.3 Å². The molecule has 1 saturated heterocycles. The zero-order chi connectivity index (χ0) is 12.1. The Labute approximate surface area is 108 Å². The van der Waals surface area contributed by atoms with Crippen LogP contribution in [0.3, 0.4) is 0 Å². The number of aliphatic hydroxyl groups excluding tert-OH is 1. The van der Waals surface area contributed by atoms with Crippen LogP contribution in [0.15, 0.2) is 0 Å². The van der Waals surface area contributed by atoms with Crippen LogP contribution in [-0.2, 0) is 4.74 Å². The fraction of sp³-hybridized carbons (Fsp3) is 0.778. The summed E-state index contributed by atoms with van der Waals surface area (Å²) in [6.45, 7) is 3.05. The average molecular weight is 280 g/mol. The number of ether oxygens (including phenoxy) is 2. The maximum Gasteiger partial charge on any atom is 0.270 e. The molecule has 0 saturated carbocycles. The van der Waals surface area contributed by atoms with Crippen molar-refractivity contribution in [3.05, 3.63) is 0 Å². The molecule has 17 heavy (non-hydrogen) atoms. The van der Waals surface area contributed by atoms with E-state index in [0.29, 0.717) is 19.1 Å². The van der Waals surface area contributed by atoms with Crippen LogP contribution in [0.25, 0.3) is 0 Å². The number of aromatic nitrogens is 2. The Morgan fingerprint density at radius 1 is 1.47 bits per heavy atom. The van der Waals surface area contributed by atoms with Crippen LogP contribution < -0.4 is 9.64 Å². The van der Waals surface area contributed by atoms with E-state index in [2.05, 4.69) is 13.6 Å². The third kappa shape index (κ3) is 3.41. The summed E-state index contributed by atoms with van der Waals surface area (Å²) in [7, 11) is 0. The maximum atomic E-state index is 9.32. The second-order valence-corrected chi connectivity index (χ2v) is 4.45. The minimum absolute atomic E-state index is 0.131. The quantitative estimate of drug-likeness (QED) is 0.785. The molecule has 6 nitrogen and oxygen atoms in total. The summed E-state index contributed by atoms with van der Waals surface area (Å²) >= 11 is 6.59. The molecule has 0 spiro atoms. The van der Waals surface area contributed by atoms with Gasteiger partial charge in [-0.15, -0.1) is 16.0 Å². The topological polar surface area (TPSA) is 67.7 Å². The third-order valence-corrected chi connectivity index (χ3v) is 3.20. The van der Waals surface area contributed by atoms with Crippen molar-refractivity contribution >= 4 is 29.1 Å². The smallest absolute Gasteiger partial charge is 0.270 e. The first kappa shape index (κ1) is 12.8. The highest BCUT2D eigenvalue weighted by Gasteiger charge is 2.20. The normalized spacial score (nSPS) is 18.1. The number of hydrogen-bond acceptors (Lipinski definition) is 7. The number of rotatable bonds is 5. The number of hydrogen-bond donors (Lipinski definition) is 1. The van der Waals surface area contributed by atoms with Crippen LogP contribution in [0.2, 0.25) is 0 Å². The van der Waals surface area contributed by atoms with Crippen LogP contribution in [0.4, 0.5) is 5.82 Å². The zero-order valence-electron chi connectivity index (χ0n) is 9.21. The van der Waals surface area contributed by atoms with Gasteiger partial charge in [0.25, 0.3) is 5.88 Å². The lowest BCUT2D eigenvalue weighted by molar-refractivity contribution is 0.117. The molecule has 1 aliphatic rings. The summed E-state index contributed by atoms with van der Waals surface area (Å²) in [5.41, 5.74) is 0. The van der Waals surface area contributed by atoms with Crippen molar-refractivity contribution in [3.63, 3.8) is 0 Å². The molecule has 1 aliphatic heterocycles. The molecule has 1 atom stereocenters. The van der Waals surface area contributed by atoms with Gasteiger partial charge in [-0.05, 0) is 0 Å². The predicted molar refractivity (Wildman–Crippen MR) is 65.2 cm³/mol. The molecule has 0 bridgehead atoms. The lowest BCUT2D eigenvalue weighted by atomic mass is 10.4. The van der Waals surface area contributed by atoms with Gasteiger partial charge in [0.1, 0.15) is 12.7 Å². The van der Waals surface area contributed by atoms with Crippen molar-refractivity contribution < 1.29 is 14.6 Å². The lowest BCUT2D eigenvalue weighted by Gasteiger charge is -2.26. The Hall–Kier alpha value is -0.630. The van der Waals surface area contributed by atoms with Gasteiger partial charge in [-0.1, -0.05) is 0 Å². The SMILES string of the molecule is OC(CCl)COc1nsnc1N1CCOCC1. The standard InChI is InChI=1S/C9H14ClN3O3S/c10-5-7(14)6-16-9-8(11-17-12-9)13-1-3-15-4-2-13/h7,14H,1-6H2. The molecule has 8 heteroatoms. The summed E-state index contributed by atoms with van der Waals surface area (Å²) < 4.78 is 18.9. The second-order valence-electron chi connectivity index (χ2n) is 3.61. The van der Waals surface area contributed by atoms with E-state index in [1.165, 1.54) is 0 Å². The number of morpholine rings is 1. The van der Waals surface area contributed by atoms with Crippen LogP contribution in [-0.4, -0.2) is 58.7 Å². The Morgan fingerprint density at radius 2 is 2.24 bits per heavy atom. The highest BCUT2D eigenvalue weighted by Crippen LogP contribution is 2.26. The molecule has 2 heterocycles. The van der Waals surface area contributed by atoms with E-state index in [9.17, 15) is 5.11 Å².